The average Bonchev–Trinajstić information content (AvgIpc) is 2.84. The largest absolute Gasteiger partial charge is 0.368 e. The van der Waals surface area contributed by atoms with E-state index >= 15 is 0 Å². The highest BCUT2D eigenvalue weighted by Gasteiger charge is 2.43. The Bertz CT molecular complexity index is 719. The fourth-order valence-corrected chi connectivity index (χ4v) is 3.38. The number of carbonyl (C=O) groups excluding carboxylic acids is 1. The first-order valence-corrected chi connectivity index (χ1v) is 7.81. The minimum absolute atomic E-state index is 0.362. The molecule has 2 aromatic carbocycles. The van der Waals surface area contributed by atoms with E-state index in [2.05, 4.69) is 21.2 Å². The average molecular weight is 366 g/mol. The van der Waals surface area contributed by atoms with Crippen LogP contribution in [-0.4, -0.2) is 5.91 Å². The van der Waals surface area contributed by atoms with Crippen LogP contribution in [0.5, 0.6) is 0 Å². The molecule has 0 saturated carbocycles. The van der Waals surface area contributed by atoms with Crippen LogP contribution in [0.3, 0.4) is 0 Å². The number of aryl methyl sites for hydroxylation is 1. The first-order valence-electron chi connectivity index (χ1n) is 6.64. The molecule has 0 saturated heterocycles. The third kappa shape index (κ3) is 2.43. The van der Waals surface area contributed by atoms with Gasteiger partial charge in [0, 0.05) is 10.2 Å². The van der Waals surface area contributed by atoms with Crippen LogP contribution in [0.4, 0.5) is 5.69 Å². The molecule has 1 aliphatic rings. The van der Waals surface area contributed by atoms with Gasteiger partial charge in [-0.1, -0.05) is 35.9 Å². The zero-order valence-electron chi connectivity index (χ0n) is 11.2. The van der Waals surface area contributed by atoms with Gasteiger partial charge >= 0.3 is 0 Å². The molecule has 1 amide bonds. The van der Waals surface area contributed by atoms with Gasteiger partial charge in [0.15, 0.2) is 0 Å². The van der Waals surface area contributed by atoms with Gasteiger partial charge in [0.05, 0.1) is 5.02 Å². The van der Waals surface area contributed by atoms with E-state index in [4.69, 9.17) is 17.3 Å². The minimum Gasteiger partial charge on any atom is -0.368 e. The zero-order chi connectivity index (χ0) is 15.0. The molecule has 3 nitrogen and oxygen atoms in total. The van der Waals surface area contributed by atoms with Crippen molar-refractivity contribution in [2.45, 2.75) is 18.4 Å². The number of hydrogen-bond acceptors (Lipinski definition) is 2. The van der Waals surface area contributed by atoms with Crippen molar-refractivity contribution in [3.8, 4) is 0 Å². The SMILES string of the molecule is NC(=O)C1(Nc2ccc(Cl)c(Br)c2)CCc2ccccc21. The molecular formula is C16H14BrClN2O. The number of rotatable bonds is 3. The number of halogens is 2. The molecular weight excluding hydrogens is 352 g/mol. The van der Waals surface area contributed by atoms with Gasteiger partial charge in [-0.15, -0.1) is 0 Å². The van der Waals surface area contributed by atoms with Crippen LogP contribution in [0.1, 0.15) is 17.5 Å². The van der Waals surface area contributed by atoms with Crippen LogP contribution >= 0.6 is 27.5 Å². The fraction of sp³-hybridized carbons (Fsp3) is 0.188. The highest BCUT2D eigenvalue weighted by molar-refractivity contribution is 9.10. The van der Waals surface area contributed by atoms with Gasteiger partial charge in [0.25, 0.3) is 0 Å². The van der Waals surface area contributed by atoms with Crippen molar-refractivity contribution in [3.63, 3.8) is 0 Å². The Kier molecular flexibility index (Phi) is 3.68. The summed E-state index contributed by atoms with van der Waals surface area (Å²) in [4.78, 5) is 12.2. The Morgan fingerprint density at radius 3 is 2.76 bits per heavy atom. The Labute approximate surface area is 136 Å². The topological polar surface area (TPSA) is 55.1 Å². The van der Waals surface area contributed by atoms with Crippen LogP contribution in [-0.2, 0) is 16.8 Å². The summed E-state index contributed by atoms with van der Waals surface area (Å²) in [5.41, 5.74) is 7.80. The number of benzene rings is 2. The Morgan fingerprint density at radius 1 is 1.29 bits per heavy atom. The molecule has 0 aromatic heterocycles. The van der Waals surface area contributed by atoms with E-state index in [0.717, 1.165) is 27.7 Å². The number of nitrogens with one attached hydrogen (secondary N) is 1. The van der Waals surface area contributed by atoms with Crippen LogP contribution in [0, 0.1) is 0 Å². The molecule has 0 heterocycles. The maximum atomic E-state index is 12.2. The molecule has 0 bridgehead atoms. The maximum absolute atomic E-state index is 12.2. The normalized spacial score (nSPS) is 20.1. The molecule has 5 heteroatoms. The summed E-state index contributed by atoms with van der Waals surface area (Å²) < 4.78 is 0.778. The third-order valence-corrected chi connectivity index (χ3v) is 5.16. The first kappa shape index (κ1) is 14.4. The van der Waals surface area contributed by atoms with E-state index in [1.165, 1.54) is 0 Å². The fourth-order valence-electron chi connectivity index (χ4n) is 2.88. The Morgan fingerprint density at radius 2 is 2.05 bits per heavy atom. The molecule has 0 aliphatic heterocycles. The van der Waals surface area contributed by atoms with Gasteiger partial charge in [-0.3, -0.25) is 4.79 Å². The second-order valence-corrected chi connectivity index (χ2v) is 6.44. The number of amides is 1. The summed E-state index contributed by atoms with van der Waals surface area (Å²) in [5, 5.41) is 3.94. The predicted molar refractivity (Wildman–Crippen MR) is 88.4 cm³/mol. The minimum atomic E-state index is -0.857. The molecule has 1 unspecified atom stereocenters. The maximum Gasteiger partial charge on any atom is 0.247 e. The van der Waals surface area contributed by atoms with Crippen molar-refractivity contribution in [3.05, 3.63) is 63.1 Å². The monoisotopic (exact) mass is 364 g/mol. The molecule has 3 rings (SSSR count). The van der Waals surface area contributed by atoms with Gasteiger partial charge in [0.1, 0.15) is 5.54 Å². The molecule has 3 N–H and O–H groups in total. The second kappa shape index (κ2) is 5.35. The summed E-state index contributed by atoms with van der Waals surface area (Å²) in [6, 6.07) is 13.4. The molecule has 2 aromatic rings. The van der Waals surface area contributed by atoms with Crippen molar-refractivity contribution < 1.29 is 4.79 Å². The zero-order valence-corrected chi connectivity index (χ0v) is 13.5. The summed E-state index contributed by atoms with van der Waals surface area (Å²) >= 11 is 9.40. The number of primary amides is 1. The van der Waals surface area contributed by atoms with Crippen molar-refractivity contribution >= 4 is 39.1 Å². The molecule has 21 heavy (non-hydrogen) atoms. The molecule has 108 valence electrons. The number of hydrogen-bond donors (Lipinski definition) is 2. The van der Waals surface area contributed by atoms with Crippen molar-refractivity contribution in [2.24, 2.45) is 5.73 Å². The van der Waals surface area contributed by atoms with Gasteiger partial charge in [-0.25, -0.2) is 0 Å². The summed E-state index contributed by atoms with van der Waals surface area (Å²) in [6.07, 6.45) is 1.49. The highest BCUT2D eigenvalue weighted by Crippen LogP contribution is 2.40. The van der Waals surface area contributed by atoms with Crippen LogP contribution in [0.15, 0.2) is 46.9 Å². The number of fused-ring (bicyclic) bond motifs is 1. The van der Waals surface area contributed by atoms with E-state index in [1.807, 2.05) is 36.4 Å². The molecule has 1 atom stereocenters. The van der Waals surface area contributed by atoms with E-state index < -0.39 is 5.54 Å². The van der Waals surface area contributed by atoms with Gasteiger partial charge in [-0.05, 0) is 58.1 Å². The van der Waals surface area contributed by atoms with Crippen molar-refractivity contribution in [1.29, 1.82) is 0 Å². The molecule has 0 spiro atoms. The summed E-state index contributed by atoms with van der Waals surface area (Å²) in [5.74, 6) is -0.362. The standard InChI is InChI=1S/C16H14BrClN2O/c17-13-9-11(5-6-14(13)18)20-16(15(19)21)8-7-10-3-1-2-4-12(10)16/h1-6,9,20H,7-8H2,(H2,19,21). The smallest absolute Gasteiger partial charge is 0.247 e. The van der Waals surface area contributed by atoms with Gasteiger partial charge in [0.2, 0.25) is 5.91 Å². The van der Waals surface area contributed by atoms with Crippen molar-refractivity contribution in [2.75, 3.05) is 5.32 Å². The van der Waals surface area contributed by atoms with E-state index in [-0.39, 0.29) is 5.91 Å². The molecule has 0 radical (unpaired) electrons. The van der Waals surface area contributed by atoms with Crippen LogP contribution in [0.25, 0.3) is 0 Å². The summed E-state index contributed by atoms with van der Waals surface area (Å²) in [7, 11) is 0. The number of carbonyl (C=O) groups is 1. The van der Waals surface area contributed by atoms with E-state index in [9.17, 15) is 4.79 Å². The lowest BCUT2D eigenvalue weighted by molar-refractivity contribution is -0.122. The van der Waals surface area contributed by atoms with E-state index in [1.54, 1.807) is 6.07 Å². The highest BCUT2D eigenvalue weighted by atomic mass is 79.9. The van der Waals surface area contributed by atoms with E-state index in [0.29, 0.717) is 11.4 Å². The van der Waals surface area contributed by atoms with Crippen LogP contribution < -0.4 is 11.1 Å². The Balaban J connectivity index is 2.04. The third-order valence-electron chi connectivity index (χ3n) is 3.94. The summed E-state index contributed by atoms with van der Waals surface area (Å²) in [6.45, 7) is 0. The lowest BCUT2D eigenvalue weighted by Crippen LogP contribution is -2.46. The Hall–Kier alpha value is -1.52. The molecule has 1 aliphatic carbocycles. The van der Waals surface area contributed by atoms with Gasteiger partial charge < -0.3 is 11.1 Å². The van der Waals surface area contributed by atoms with Gasteiger partial charge in [-0.2, -0.15) is 0 Å². The number of anilines is 1. The van der Waals surface area contributed by atoms with Crippen molar-refractivity contribution in [1.82, 2.24) is 0 Å². The lowest BCUT2D eigenvalue weighted by atomic mass is 9.90. The second-order valence-electron chi connectivity index (χ2n) is 5.18. The predicted octanol–water partition coefficient (Wildman–Crippen LogP) is 3.84. The lowest BCUT2D eigenvalue weighted by Gasteiger charge is -2.29. The quantitative estimate of drug-likeness (QED) is 0.868. The molecule has 0 fully saturated rings. The van der Waals surface area contributed by atoms with Crippen LogP contribution in [0.2, 0.25) is 5.02 Å². The number of nitrogens with two attached hydrogens (primary N) is 1. The first-order chi connectivity index (χ1) is 10.0.